The summed E-state index contributed by atoms with van der Waals surface area (Å²) < 4.78 is 0.928. The largest absolute Gasteiger partial charge is 0.480 e. The first-order valence-electron chi connectivity index (χ1n) is 6.69. The fourth-order valence-electron chi connectivity index (χ4n) is 1.88. The second kappa shape index (κ2) is 7.41. The molecule has 0 aliphatic carbocycles. The van der Waals surface area contributed by atoms with E-state index < -0.39 is 17.4 Å². The predicted molar refractivity (Wildman–Crippen MR) is 86.2 cm³/mol. The Morgan fingerprint density at radius 2 is 1.95 bits per heavy atom. The summed E-state index contributed by atoms with van der Waals surface area (Å²) in [7, 11) is 0. The molecule has 0 radical (unpaired) electrons. The molecule has 5 heteroatoms. The molecule has 1 aromatic rings. The molecule has 114 valence electrons. The highest BCUT2D eigenvalue weighted by Crippen LogP contribution is 2.25. The van der Waals surface area contributed by atoms with Gasteiger partial charge in [-0.3, -0.25) is 4.79 Å². The Morgan fingerprint density at radius 3 is 2.43 bits per heavy atom. The van der Waals surface area contributed by atoms with E-state index >= 15 is 0 Å². The smallest absolute Gasteiger partial charge is 0.326 e. The predicted octanol–water partition coefficient (Wildman–Crippen LogP) is 3.26. The number of nitrogens with one attached hydrogen (secondary N) is 1. The highest BCUT2D eigenvalue weighted by Gasteiger charge is 2.32. The summed E-state index contributed by atoms with van der Waals surface area (Å²) in [6.07, 6.45) is 2.51. The van der Waals surface area contributed by atoms with Crippen molar-refractivity contribution in [2.75, 3.05) is 0 Å². The normalized spacial score (nSPS) is 12.5. The third kappa shape index (κ3) is 4.70. The quantitative estimate of drug-likeness (QED) is 0.739. The van der Waals surface area contributed by atoms with E-state index in [1.165, 1.54) is 0 Å². The van der Waals surface area contributed by atoms with Gasteiger partial charge in [-0.15, -0.1) is 6.58 Å². The molecule has 0 heterocycles. The van der Waals surface area contributed by atoms with Gasteiger partial charge in [-0.2, -0.15) is 0 Å². The summed E-state index contributed by atoms with van der Waals surface area (Å²) >= 11 is 3.35. The fraction of sp³-hybridized carbons (Fsp3) is 0.375. The molecule has 4 nitrogen and oxygen atoms in total. The highest BCUT2D eigenvalue weighted by molar-refractivity contribution is 9.10. The van der Waals surface area contributed by atoms with E-state index in [9.17, 15) is 9.59 Å². The van der Waals surface area contributed by atoms with Gasteiger partial charge >= 0.3 is 5.97 Å². The van der Waals surface area contributed by atoms with Crippen LogP contribution >= 0.6 is 15.9 Å². The maximum atomic E-state index is 12.4. The van der Waals surface area contributed by atoms with Crippen LogP contribution in [-0.2, 0) is 15.0 Å². The minimum absolute atomic E-state index is 0.304. The lowest BCUT2D eigenvalue weighted by atomic mass is 9.83. The van der Waals surface area contributed by atoms with Crippen molar-refractivity contribution < 1.29 is 14.7 Å². The van der Waals surface area contributed by atoms with Crippen LogP contribution in [0.2, 0.25) is 0 Å². The number of benzene rings is 1. The number of amides is 1. The first kappa shape index (κ1) is 17.4. The van der Waals surface area contributed by atoms with Crippen LogP contribution in [0.15, 0.2) is 41.4 Å². The van der Waals surface area contributed by atoms with E-state index in [1.807, 2.05) is 24.3 Å². The maximum Gasteiger partial charge on any atom is 0.326 e. The summed E-state index contributed by atoms with van der Waals surface area (Å²) in [6.45, 7) is 7.12. The average Bonchev–Trinajstić information content (AvgIpc) is 2.43. The molecule has 1 amide bonds. The summed E-state index contributed by atoms with van der Waals surface area (Å²) in [4.78, 5) is 23.6. The molecular weight excluding hydrogens is 334 g/mol. The fourth-order valence-corrected chi connectivity index (χ4v) is 2.14. The molecule has 1 atom stereocenters. The lowest BCUT2D eigenvalue weighted by molar-refractivity contribution is -0.142. The topological polar surface area (TPSA) is 66.4 Å². The van der Waals surface area contributed by atoms with Gasteiger partial charge in [-0.1, -0.05) is 34.1 Å². The molecule has 1 unspecified atom stereocenters. The number of hydrogen-bond donors (Lipinski definition) is 2. The Morgan fingerprint density at radius 1 is 1.38 bits per heavy atom. The zero-order chi connectivity index (χ0) is 16.0. The van der Waals surface area contributed by atoms with E-state index in [2.05, 4.69) is 27.8 Å². The third-order valence-electron chi connectivity index (χ3n) is 3.40. The van der Waals surface area contributed by atoms with Gasteiger partial charge in [0, 0.05) is 4.47 Å². The number of carbonyl (C=O) groups excluding carboxylic acids is 1. The van der Waals surface area contributed by atoms with Crippen LogP contribution in [0.1, 0.15) is 32.3 Å². The Hall–Kier alpha value is -1.62. The Labute approximate surface area is 133 Å². The van der Waals surface area contributed by atoms with Gasteiger partial charge < -0.3 is 10.4 Å². The minimum Gasteiger partial charge on any atom is -0.480 e. The first-order valence-corrected chi connectivity index (χ1v) is 7.49. The van der Waals surface area contributed by atoms with Crippen LogP contribution in [0.4, 0.5) is 0 Å². The molecule has 0 saturated heterocycles. The molecule has 21 heavy (non-hydrogen) atoms. The minimum atomic E-state index is -1.03. The molecule has 0 aromatic heterocycles. The van der Waals surface area contributed by atoms with Crippen molar-refractivity contribution in [3.05, 3.63) is 47.0 Å². The van der Waals surface area contributed by atoms with Crippen LogP contribution in [0.5, 0.6) is 0 Å². The second-order valence-electron chi connectivity index (χ2n) is 5.36. The van der Waals surface area contributed by atoms with Gasteiger partial charge in [0.15, 0.2) is 0 Å². The van der Waals surface area contributed by atoms with Gasteiger partial charge in [0.05, 0.1) is 5.41 Å². The maximum absolute atomic E-state index is 12.4. The molecule has 0 fully saturated rings. The number of carboxylic acids is 1. The molecule has 1 rings (SSSR count). The number of allylic oxidation sites excluding steroid dienone is 1. The molecule has 0 aliphatic rings. The third-order valence-corrected chi connectivity index (χ3v) is 3.93. The molecule has 2 N–H and O–H groups in total. The Balaban J connectivity index is 2.86. The van der Waals surface area contributed by atoms with Crippen LogP contribution in [0, 0.1) is 0 Å². The molecule has 0 bridgehead atoms. The molecular formula is C16H20BrNO3. The first-order chi connectivity index (χ1) is 9.78. The number of carbonyl (C=O) groups is 2. The summed E-state index contributed by atoms with van der Waals surface area (Å²) in [5.74, 6) is -1.34. The molecule has 0 spiro atoms. The van der Waals surface area contributed by atoms with Gasteiger partial charge in [0.1, 0.15) is 6.04 Å². The number of halogens is 1. The monoisotopic (exact) mass is 353 g/mol. The van der Waals surface area contributed by atoms with Crippen molar-refractivity contribution >= 4 is 27.8 Å². The van der Waals surface area contributed by atoms with Gasteiger partial charge in [-0.05, 0) is 44.4 Å². The lowest BCUT2D eigenvalue weighted by Gasteiger charge is -2.26. The number of rotatable bonds is 7. The average molecular weight is 354 g/mol. The van der Waals surface area contributed by atoms with Crippen LogP contribution in [-0.4, -0.2) is 23.0 Å². The van der Waals surface area contributed by atoms with Crippen molar-refractivity contribution in [3.8, 4) is 0 Å². The van der Waals surface area contributed by atoms with Crippen LogP contribution in [0.25, 0.3) is 0 Å². The van der Waals surface area contributed by atoms with Gasteiger partial charge in [-0.25, -0.2) is 4.79 Å². The van der Waals surface area contributed by atoms with Crippen molar-refractivity contribution in [2.45, 2.75) is 38.1 Å². The van der Waals surface area contributed by atoms with E-state index in [4.69, 9.17) is 5.11 Å². The van der Waals surface area contributed by atoms with Crippen molar-refractivity contribution in [2.24, 2.45) is 0 Å². The molecule has 0 saturated carbocycles. The van der Waals surface area contributed by atoms with Gasteiger partial charge in [0.2, 0.25) is 5.91 Å². The van der Waals surface area contributed by atoms with Crippen LogP contribution < -0.4 is 5.32 Å². The van der Waals surface area contributed by atoms with E-state index in [0.29, 0.717) is 12.8 Å². The van der Waals surface area contributed by atoms with E-state index in [1.54, 1.807) is 19.9 Å². The number of carboxylic acid groups (broad SMARTS) is 1. The standard InChI is InChI=1S/C16H20BrNO3/c1-4-5-6-13(14(19)20)18-15(21)16(2,3)11-7-9-12(17)10-8-11/h4,7-10,13H,1,5-6H2,2-3H3,(H,18,21)(H,19,20). The zero-order valence-electron chi connectivity index (χ0n) is 12.2. The SMILES string of the molecule is C=CCCC(NC(=O)C(C)(C)c1ccc(Br)cc1)C(=O)O. The summed E-state index contributed by atoms with van der Waals surface area (Å²) in [6, 6.07) is 6.52. The van der Waals surface area contributed by atoms with Gasteiger partial charge in [0.25, 0.3) is 0 Å². The summed E-state index contributed by atoms with van der Waals surface area (Å²) in [5, 5.41) is 11.8. The van der Waals surface area contributed by atoms with E-state index in [-0.39, 0.29) is 5.91 Å². The van der Waals surface area contributed by atoms with Crippen molar-refractivity contribution in [1.29, 1.82) is 0 Å². The van der Waals surface area contributed by atoms with Crippen LogP contribution in [0.3, 0.4) is 0 Å². The number of aliphatic carboxylic acids is 1. The van der Waals surface area contributed by atoms with E-state index in [0.717, 1.165) is 10.0 Å². The zero-order valence-corrected chi connectivity index (χ0v) is 13.8. The Bertz CT molecular complexity index is 523. The molecule has 1 aromatic carbocycles. The molecule has 0 aliphatic heterocycles. The second-order valence-corrected chi connectivity index (χ2v) is 6.28. The highest BCUT2D eigenvalue weighted by atomic mass is 79.9. The summed E-state index contributed by atoms with van der Waals surface area (Å²) in [5.41, 5.74) is 0.0267. The van der Waals surface area contributed by atoms with Crippen molar-refractivity contribution in [3.63, 3.8) is 0 Å². The van der Waals surface area contributed by atoms with Crippen molar-refractivity contribution in [1.82, 2.24) is 5.32 Å². The Kier molecular flexibility index (Phi) is 6.15. The number of hydrogen-bond acceptors (Lipinski definition) is 2. The lowest BCUT2D eigenvalue weighted by Crippen LogP contribution is -2.48.